The Balaban J connectivity index is 2.11. The second-order valence-electron chi connectivity index (χ2n) is 3.34. The van der Waals surface area contributed by atoms with Crippen molar-refractivity contribution >= 4 is 54.8 Å². The Hall–Kier alpha value is -0.0300. The zero-order chi connectivity index (χ0) is 12.3. The summed E-state index contributed by atoms with van der Waals surface area (Å²) in [6, 6.07) is 9.77. The summed E-state index contributed by atoms with van der Waals surface area (Å²) in [6.07, 6.45) is 0. The number of hydrogen-bond acceptors (Lipinski definition) is 2. The van der Waals surface area contributed by atoms with E-state index >= 15 is 0 Å². The van der Waals surface area contributed by atoms with E-state index in [1.807, 2.05) is 30.3 Å². The van der Waals surface area contributed by atoms with Gasteiger partial charge in [-0.25, -0.2) is 0 Å². The summed E-state index contributed by atoms with van der Waals surface area (Å²) in [4.78, 5) is 1.18. The minimum absolute atomic E-state index is 0.566. The van der Waals surface area contributed by atoms with Crippen molar-refractivity contribution in [1.29, 1.82) is 0 Å². The van der Waals surface area contributed by atoms with Gasteiger partial charge in [-0.15, -0.1) is 11.3 Å². The molecular weight excluding hydrogens is 387 g/mol. The van der Waals surface area contributed by atoms with Crippen LogP contribution in [0.15, 0.2) is 34.1 Å². The fourth-order valence-electron chi connectivity index (χ4n) is 1.38. The topological polar surface area (TPSA) is 9.23 Å². The SMILES string of the molecule is Clc1cccc(OCc2ccc(Br)s2)c1CBr. The Morgan fingerprint density at radius 1 is 1.24 bits per heavy atom. The van der Waals surface area contributed by atoms with E-state index in [4.69, 9.17) is 16.3 Å². The molecule has 1 nitrogen and oxygen atoms in total. The third-order valence-electron chi connectivity index (χ3n) is 2.21. The van der Waals surface area contributed by atoms with E-state index < -0.39 is 0 Å². The number of halogens is 3. The Labute approximate surface area is 126 Å². The highest BCUT2D eigenvalue weighted by Gasteiger charge is 2.07. The number of rotatable bonds is 4. The van der Waals surface area contributed by atoms with Crippen molar-refractivity contribution in [2.75, 3.05) is 0 Å². The van der Waals surface area contributed by atoms with Gasteiger partial charge in [-0.3, -0.25) is 0 Å². The lowest BCUT2D eigenvalue weighted by atomic mass is 10.2. The minimum atomic E-state index is 0.566. The van der Waals surface area contributed by atoms with Gasteiger partial charge in [0.05, 0.1) is 3.79 Å². The van der Waals surface area contributed by atoms with Crippen molar-refractivity contribution in [3.63, 3.8) is 0 Å². The van der Waals surface area contributed by atoms with Crippen LogP contribution < -0.4 is 4.74 Å². The smallest absolute Gasteiger partial charge is 0.125 e. The molecule has 0 atom stereocenters. The van der Waals surface area contributed by atoms with Gasteiger partial charge in [-0.05, 0) is 40.2 Å². The molecule has 0 aliphatic carbocycles. The van der Waals surface area contributed by atoms with Crippen LogP contribution in [0.5, 0.6) is 5.75 Å². The molecule has 2 rings (SSSR count). The Morgan fingerprint density at radius 2 is 2.06 bits per heavy atom. The molecule has 17 heavy (non-hydrogen) atoms. The average molecular weight is 397 g/mol. The molecule has 0 amide bonds. The van der Waals surface area contributed by atoms with E-state index in [0.717, 1.165) is 20.1 Å². The first-order chi connectivity index (χ1) is 8.20. The number of ether oxygens (including phenoxy) is 1. The Morgan fingerprint density at radius 3 is 2.71 bits per heavy atom. The van der Waals surface area contributed by atoms with Gasteiger partial charge in [0.25, 0.3) is 0 Å². The van der Waals surface area contributed by atoms with Crippen LogP contribution in [0.4, 0.5) is 0 Å². The van der Waals surface area contributed by atoms with Crippen LogP contribution in [0.3, 0.4) is 0 Å². The lowest BCUT2D eigenvalue weighted by Gasteiger charge is -2.10. The lowest BCUT2D eigenvalue weighted by molar-refractivity contribution is 0.307. The molecule has 1 heterocycles. The molecule has 0 bridgehead atoms. The van der Waals surface area contributed by atoms with E-state index in [-0.39, 0.29) is 0 Å². The van der Waals surface area contributed by atoms with Crippen LogP contribution in [0, 0.1) is 0 Å². The second-order valence-corrected chi connectivity index (χ2v) is 6.86. The van der Waals surface area contributed by atoms with Crippen molar-refractivity contribution in [3.8, 4) is 5.75 Å². The van der Waals surface area contributed by atoms with E-state index in [0.29, 0.717) is 11.9 Å². The second kappa shape index (κ2) is 6.23. The summed E-state index contributed by atoms with van der Waals surface area (Å²) >= 11 is 14.6. The number of thiophene rings is 1. The van der Waals surface area contributed by atoms with Gasteiger partial charge in [0, 0.05) is 20.8 Å². The maximum absolute atomic E-state index is 6.10. The normalized spacial score (nSPS) is 10.5. The zero-order valence-electron chi connectivity index (χ0n) is 8.75. The molecule has 90 valence electrons. The largest absolute Gasteiger partial charge is 0.488 e. The van der Waals surface area contributed by atoms with Crippen molar-refractivity contribution in [2.45, 2.75) is 11.9 Å². The van der Waals surface area contributed by atoms with Crippen molar-refractivity contribution in [3.05, 3.63) is 49.6 Å². The first-order valence-corrected chi connectivity index (χ1v) is 8.02. The van der Waals surface area contributed by atoms with E-state index in [2.05, 4.69) is 31.9 Å². The summed E-state index contributed by atoms with van der Waals surface area (Å²) in [5, 5.41) is 1.42. The van der Waals surface area contributed by atoms with Crippen LogP contribution in [-0.4, -0.2) is 0 Å². The molecule has 0 aliphatic rings. The van der Waals surface area contributed by atoms with Gasteiger partial charge in [-0.1, -0.05) is 33.6 Å². The number of benzene rings is 1. The third kappa shape index (κ3) is 3.47. The summed E-state index contributed by atoms with van der Waals surface area (Å²) in [7, 11) is 0. The van der Waals surface area contributed by atoms with Crippen LogP contribution in [0.1, 0.15) is 10.4 Å². The minimum Gasteiger partial charge on any atom is -0.488 e. The molecule has 1 aromatic heterocycles. The molecule has 0 saturated heterocycles. The highest BCUT2D eigenvalue weighted by atomic mass is 79.9. The molecule has 0 aliphatic heterocycles. The summed E-state index contributed by atoms with van der Waals surface area (Å²) in [6.45, 7) is 0.566. The molecule has 0 N–H and O–H groups in total. The Kier molecular flexibility index (Phi) is 4.91. The maximum atomic E-state index is 6.10. The molecule has 0 unspecified atom stereocenters. The van der Waals surface area contributed by atoms with Crippen molar-refractivity contribution in [1.82, 2.24) is 0 Å². The summed E-state index contributed by atoms with van der Waals surface area (Å²) < 4.78 is 6.90. The molecule has 1 aromatic carbocycles. The third-order valence-corrected chi connectivity index (χ3v) is 4.72. The van der Waals surface area contributed by atoms with Gasteiger partial charge in [0.2, 0.25) is 0 Å². The predicted molar refractivity (Wildman–Crippen MR) is 80.4 cm³/mol. The monoisotopic (exact) mass is 394 g/mol. The highest BCUT2D eigenvalue weighted by Crippen LogP contribution is 2.30. The van der Waals surface area contributed by atoms with Crippen LogP contribution in [-0.2, 0) is 11.9 Å². The molecule has 0 spiro atoms. The standard InChI is InChI=1S/C12H9Br2ClOS/c13-6-9-10(15)2-1-3-11(9)16-7-8-4-5-12(14)17-8/h1-5H,6-7H2. The first kappa shape index (κ1) is 13.4. The number of hydrogen-bond donors (Lipinski definition) is 0. The first-order valence-electron chi connectivity index (χ1n) is 4.91. The summed E-state index contributed by atoms with van der Waals surface area (Å²) in [5.41, 5.74) is 0.991. The Bertz CT molecular complexity index is 513. The van der Waals surface area contributed by atoms with Crippen LogP contribution in [0.2, 0.25) is 5.02 Å². The summed E-state index contributed by atoms with van der Waals surface area (Å²) in [5.74, 6) is 0.832. The molecule has 0 radical (unpaired) electrons. The van der Waals surface area contributed by atoms with Gasteiger partial charge in [0.15, 0.2) is 0 Å². The van der Waals surface area contributed by atoms with E-state index in [1.165, 1.54) is 4.88 Å². The van der Waals surface area contributed by atoms with Gasteiger partial charge >= 0.3 is 0 Å². The highest BCUT2D eigenvalue weighted by molar-refractivity contribution is 9.11. The van der Waals surface area contributed by atoms with E-state index in [1.54, 1.807) is 11.3 Å². The molecule has 2 aromatic rings. The molecule has 0 fully saturated rings. The molecule has 0 saturated carbocycles. The van der Waals surface area contributed by atoms with Crippen LogP contribution in [0.25, 0.3) is 0 Å². The lowest BCUT2D eigenvalue weighted by Crippen LogP contribution is -1.96. The van der Waals surface area contributed by atoms with Crippen LogP contribution >= 0.6 is 54.8 Å². The zero-order valence-corrected chi connectivity index (χ0v) is 13.5. The fraction of sp³-hybridized carbons (Fsp3) is 0.167. The quantitative estimate of drug-likeness (QED) is 0.608. The van der Waals surface area contributed by atoms with Crippen molar-refractivity contribution < 1.29 is 4.74 Å². The fourth-order valence-corrected chi connectivity index (χ4v) is 3.75. The predicted octanol–water partition coefficient (Wildman–Crippen LogP) is 5.64. The maximum Gasteiger partial charge on any atom is 0.125 e. The number of alkyl halides is 1. The van der Waals surface area contributed by atoms with Gasteiger partial charge < -0.3 is 4.74 Å². The van der Waals surface area contributed by atoms with Gasteiger partial charge in [-0.2, -0.15) is 0 Å². The molecular formula is C12H9Br2ClOS. The van der Waals surface area contributed by atoms with Gasteiger partial charge in [0.1, 0.15) is 12.4 Å². The molecule has 5 heteroatoms. The van der Waals surface area contributed by atoms with Crippen molar-refractivity contribution in [2.24, 2.45) is 0 Å². The van der Waals surface area contributed by atoms with E-state index in [9.17, 15) is 0 Å². The average Bonchev–Trinajstić information content (AvgIpc) is 2.72.